The number of primary amides is 1. The highest BCUT2D eigenvalue weighted by Crippen LogP contribution is 2.35. The molecule has 158 valence electrons. The van der Waals surface area contributed by atoms with Crippen molar-refractivity contribution < 1.29 is 19.1 Å². The van der Waals surface area contributed by atoms with Crippen LogP contribution in [0.15, 0.2) is 42.5 Å². The Hall–Kier alpha value is -3.52. The van der Waals surface area contributed by atoms with Gasteiger partial charge in [-0.15, -0.1) is 0 Å². The van der Waals surface area contributed by atoms with Gasteiger partial charge in [0.2, 0.25) is 5.91 Å². The molecule has 3 aromatic rings. The van der Waals surface area contributed by atoms with Gasteiger partial charge in [-0.25, -0.2) is 9.78 Å². The lowest BCUT2D eigenvalue weighted by atomic mass is 10.0. The first kappa shape index (κ1) is 20.7. The van der Waals surface area contributed by atoms with E-state index < -0.39 is 5.97 Å². The number of ether oxygens (including phenoxy) is 1. The molecule has 2 amide bonds. The van der Waals surface area contributed by atoms with E-state index in [1.807, 2.05) is 19.1 Å². The summed E-state index contributed by atoms with van der Waals surface area (Å²) in [4.78, 5) is 41.2. The van der Waals surface area contributed by atoms with Gasteiger partial charge in [0.05, 0.1) is 11.6 Å². The van der Waals surface area contributed by atoms with Crippen molar-refractivity contribution in [1.29, 1.82) is 0 Å². The highest BCUT2D eigenvalue weighted by molar-refractivity contribution is 7.17. The van der Waals surface area contributed by atoms with Crippen LogP contribution in [0.2, 0.25) is 0 Å². The molecule has 7 nitrogen and oxygen atoms in total. The van der Waals surface area contributed by atoms with Crippen LogP contribution in [0.4, 0.5) is 5.13 Å². The van der Waals surface area contributed by atoms with Gasteiger partial charge in [-0.05, 0) is 62.1 Å². The zero-order valence-corrected chi connectivity index (χ0v) is 17.9. The van der Waals surface area contributed by atoms with Crippen LogP contribution in [-0.2, 0) is 11.2 Å². The Balaban J connectivity index is 1.46. The van der Waals surface area contributed by atoms with E-state index in [4.69, 9.17) is 10.5 Å². The van der Waals surface area contributed by atoms with E-state index in [0.717, 1.165) is 28.0 Å². The number of carbonyl (C=O) groups is 3. The van der Waals surface area contributed by atoms with E-state index >= 15 is 0 Å². The van der Waals surface area contributed by atoms with Gasteiger partial charge < -0.3 is 10.5 Å². The van der Waals surface area contributed by atoms with Gasteiger partial charge >= 0.3 is 5.97 Å². The highest BCUT2D eigenvalue weighted by atomic mass is 32.1. The second-order valence-electron chi connectivity index (χ2n) is 7.50. The van der Waals surface area contributed by atoms with Crippen molar-refractivity contribution in [3.8, 4) is 5.75 Å². The molecule has 0 radical (unpaired) electrons. The molecular weight excluding hydrogens is 414 g/mol. The number of aromatic nitrogens is 1. The summed E-state index contributed by atoms with van der Waals surface area (Å²) in [7, 11) is 0. The predicted molar refractivity (Wildman–Crippen MR) is 118 cm³/mol. The van der Waals surface area contributed by atoms with E-state index in [-0.39, 0.29) is 17.7 Å². The molecule has 1 unspecified atom stereocenters. The minimum Gasteiger partial charge on any atom is -0.422 e. The Kier molecular flexibility index (Phi) is 5.56. The van der Waals surface area contributed by atoms with Gasteiger partial charge in [-0.2, -0.15) is 0 Å². The number of thiazole rings is 1. The summed E-state index contributed by atoms with van der Waals surface area (Å²) in [5.74, 6) is -1.08. The number of nitrogens with two attached hydrogens (primary N) is 1. The van der Waals surface area contributed by atoms with Crippen LogP contribution in [-0.4, -0.2) is 22.8 Å². The van der Waals surface area contributed by atoms with Crippen LogP contribution >= 0.6 is 11.3 Å². The van der Waals surface area contributed by atoms with Crippen molar-refractivity contribution >= 4 is 34.3 Å². The molecule has 1 aliphatic carbocycles. The molecule has 1 aromatic heterocycles. The second-order valence-corrected chi connectivity index (χ2v) is 8.50. The molecule has 4 rings (SSSR count). The average Bonchev–Trinajstić information content (AvgIpc) is 3.31. The van der Waals surface area contributed by atoms with E-state index in [1.54, 1.807) is 37.3 Å². The highest BCUT2D eigenvalue weighted by Gasteiger charge is 2.27. The lowest BCUT2D eigenvalue weighted by Gasteiger charge is -2.08. The molecule has 1 atom stereocenters. The first-order valence-electron chi connectivity index (χ1n) is 9.81. The summed E-state index contributed by atoms with van der Waals surface area (Å²) in [6.45, 7) is 3.63. The maximum absolute atomic E-state index is 12.7. The zero-order chi connectivity index (χ0) is 22.1. The maximum Gasteiger partial charge on any atom is 0.355 e. The summed E-state index contributed by atoms with van der Waals surface area (Å²) >= 11 is 1.06. The van der Waals surface area contributed by atoms with Gasteiger partial charge in [0.1, 0.15) is 10.6 Å². The Morgan fingerprint density at radius 2 is 1.87 bits per heavy atom. The summed E-state index contributed by atoms with van der Waals surface area (Å²) in [5.41, 5.74) is 9.34. The molecule has 8 heteroatoms. The molecule has 31 heavy (non-hydrogen) atoms. The summed E-state index contributed by atoms with van der Waals surface area (Å²) < 4.78 is 5.52. The third-order valence-electron chi connectivity index (χ3n) is 5.26. The van der Waals surface area contributed by atoms with Crippen molar-refractivity contribution in [3.63, 3.8) is 0 Å². The van der Waals surface area contributed by atoms with Crippen LogP contribution in [0.5, 0.6) is 5.75 Å². The monoisotopic (exact) mass is 435 g/mol. The fourth-order valence-electron chi connectivity index (χ4n) is 3.62. The Labute approximate surface area is 183 Å². The first-order chi connectivity index (χ1) is 14.8. The number of anilines is 1. The Morgan fingerprint density at radius 3 is 2.58 bits per heavy atom. The number of nitrogens with zero attached hydrogens (tertiary/aromatic N) is 1. The number of amides is 2. The third kappa shape index (κ3) is 4.34. The Bertz CT molecular complexity index is 1180. The van der Waals surface area contributed by atoms with Gasteiger partial charge in [-0.1, -0.05) is 35.1 Å². The smallest absolute Gasteiger partial charge is 0.355 e. The summed E-state index contributed by atoms with van der Waals surface area (Å²) in [5, 5.41) is 3.05. The van der Waals surface area contributed by atoms with Crippen molar-refractivity contribution in [3.05, 3.63) is 75.3 Å². The fourth-order valence-corrected chi connectivity index (χ4v) is 4.46. The summed E-state index contributed by atoms with van der Waals surface area (Å²) in [6, 6.07) is 12.4. The standard InChI is InChI=1S/C23H21N3O4S/c1-12-3-5-14(6-4-12)21(28)26-23-25-13(2)19(31-23)22(29)30-16-8-10-17-15(11-16)7-9-18(17)20(24)27/h3-6,8,10-11,18H,7,9H2,1-2H3,(H2,24,27)(H,25,26,28). The summed E-state index contributed by atoms with van der Waals surface area (Å²) in [6.07, 6.45) is 1.38. The number of rotatable bonds is 5. The SMILES string of the molecule is Cc1ccc(C(=O)Nc2nc(C)c(C(=O)Oc3ccc4c(c3)CCC4C(N)=O)s2)cc1. The number of nitrogens with one attached hydrogen (secondary N) is 1. The van der Waals surface area contributed by atoms with Gasteiger partial charge in [0, 0.05) is 5.56 Å². The topological polar surface area (TPSA) is 111 Å². The number of carbonyl (C=O) groups excluding carboxylic acids is 3. The van der Waals surface area contributed by atoms with Crippen molar-refractivity contribution in [1.82, 2.24) is 4.98 Å². The average molecular weight is 436 g/mol. The second kappa shape index (κ2) is 8.31. The zero-order valence-electron chi connectivity index (χ0n) is 17.1. The normalized spacial score (nSPS) is 14.7. The molecule has 0 saturated heterocycles. The number of hydrogen-bond acceptors (Lipinski definition) is 6. The van der Waals surface area contributed by atoms with Crippen LogP contribution in [0.25, 0.3) is 0 Å². The lowest BCUT2D eigenvalue weighted by molar-refractivity contribution is -0.119. The van der Waals surface area contributed by atoms with E-state index in [1.165, 1.54) is 0 Å². The number of fused-ring (bicyclic) bond motifs is 1. The molecule has 0 bridgehead atoms. The molecule has 1 aliphatic rings. The van der Waals surface area contributed by atoms with Gasteiger partial charge in [-0.3, -0.25) is 14.9 Å². The predicted octanol–water partition coefficient (Wildman–Crippen LogP) is 3.75. The van der Waals surface area contributed by atoms with Crippen LogP contribution in [0, 0.1) is 13.8 Å². The number of aryl methyl sites for hydroxylation is 3. The van der Waals surface area contributed by atoms with Crippen molar-refractivity contribution in [2.24, 2.45) is 5.73 Å². The van der Waals surface area contributed by atoms with Crippen LogP contribution in [0.1, 0.15) is 54.8 Å². The molecule has 0 aliphatic heterocycles. The molecular formula is C23H21N3O4S. The molecule has 1 heterocycles. The van der Waals surface area contributed by atoms with E-state index in [0.29, 0.717) is 39.9 Å². The lowest BCUT2D eigenvalue weighted by Crippen LogP contribution is -2.19. The minimum atomic E-state index is -0.546. The number of hydrogen-bond donors (Lipinski definition) is 2. The van der Waals surface area contributed by atoms with E-state index in [2.05, 4.69) is 10.3 Å². The minimum absolute atomic E-state index is 0.289. The molecule has 0 fully saturated rings. The third-order valence-corrected chi connectivity index (χ3v) is 6.32. The quantitative estimate of drug-likeness (QED) is 0.468. The van der Waals surface area contributed by atoms with Gasteiger partial charge in [0.25, 0.3) is 5.91 Å². The molecule has 3 N–H and O–H groups in total. The molecule has 0 spiro atoms. The van der Waals surface area contributed by atoms with Crippen molar-refractivity contribution in [2.45, 2.75) is 32.6 Å². The maximum atomic E-state index is 12.7. The Morgan fingerprint density at radius 1 is 1.13 bits per heavy atom. The largest absolute Gasteiger partial charge is 0.422 e. The fraction of sp³-hybridized carbons (Fsp3) is 0.217. The molecule has 0 saturated carbocycles. The first-order valence-corrected chi connectivity index (χ1v) is 10.6. The van der Waals surface area contributed by atoms with Gasteiger partial charge in [0.15, 0.2) is 5.13 Å². The van der Waals surface area contributed by atoms with Crippen molar-refractivity contribution in [2.75, 3.05) is 5.32 Å². The number of benzene rings is 2. The van der Waals surface area contributed by atoms with Crippen LogP contribution < -0.4 is 15.8 Å². The number of esters is 1. The van der Waals surface area contributed by atoms with E-state index in [9.17, 15) is 14.4 Å². The molecule has 2 aromatic carbocycles. The van der Waals surface area contributed by atoms with Crippen LogP contribution in [0.3, 0.4) is 0 Å².